The standard InChI is InChI=1S/C17H17F2NO3/c1-11(12-6-8-14(9-7-12)23-17(18)19)20-16(21)13-4-3-5-15(10-13)22-2/h3-11,17H,1-2H3,(H,20,21). The number of carbonyl (C=O) groups excluding carboxylic acids is 1. The monoisotopic (exact) mass is 321 g/mol. The smallest absolute Gasteiger partial charge is 0.387 e. The number of hydrogen-bond acceptors (Lipinski definition) is 3. The zero-order valence-corrected chi connectivity index (χ0v) is 12.8. The number of nitrogens with one attached hydrogen (secondary N) is 1. The van der Waals surface area contributed by atoms with Crippen molar-refractivity contribution in [3.8, 4) is 11.5 Å². The number of hydrogen-bond donors (Lipinski definition) is 1. The highest BCUT2D eigenvalue weighted by Crippen LogP contribution is 2.20. The Morgan fingerprint density at radius 2 is 1.78 bits per heavy atom. The van der Waals surface area contributed by atoms with Crippen molar-refractivity contribution < 1.29 is 23.0 Å². The average molecular weight is 321 g/mol. The highest BCUT2D eigenvalue weighted by Gasteiger charge is 2.12. The molecule has 0 heterocycles. The molecule has 1 N–H and O–H groups in total. The molecule has 0 aliphatic rings. The molecule has 0 bridgehead atoms. The molecule has 6 heteroatoms. The third kappa shape index (κ3) is 4.67. The Hall–Kier alpha value is -2.63. The topological polar surface area (TPSA) is 47.6 Å². The molecule has 0 radical (unpaired) electrons. The first-order chi connectivity index (χ1) is 11.0. The zero-order chi connectivity index (χ0) is 16.8. The van der Waals surface area contributed by atoms with Gasteiger partial charge in [0, 0.05) is 5.56 Å². The van der Waals surface area contributed by atoms with Crippen molar-refractivity contribution in [1.82, 2.24) is 5.32 Å². The average Bonchev–Trinajstić information content (AvgIpc) is 2.55. The molecule has 0 fully saturated rings. The van der Waals surface area contributed by atoms with Gasteiger partial charge in [-0.1, -0.05) is 18.2 Å². The maximum absolute atomic E-state index is 12.2. The first-order valence-electron chi connectivity index (χ1n) is 6.99. The minimum absolute atomic E-state index is 0.0788. The van der Waals surface area contributed by atoms with Gasteiger partial charge in [0.15, 0.2) is 0 Å². The summed E-state index contributed by atoms with van der Waals surface area (Å²) in [5.41, 5.74) is 1.26. The van der Waals surface area contributed by atoms with Crippen molar-refractivity contribution in [3.05, 3.63) is 59.7 Å². The molecule has 1 amide bonds. The molecule has 2 aromatic carbocycles. The maximum Gasteiger partial charge on any atom is 0.387 e. The summed E-state index contributed by atoms with van der Waals surface area (Å²) in [6, 6.07) is 12.7. The molecule has 0 saturated carbocycles. The number of benzene rings is 2. The van der Waals surface area contributed by atoms with Crippen molar-refractivity contribution >= 4 is 5.91 Å². The Balaban J connectivity index is 2.02. The number of methoxy groups -OCH3 is 1. The van der Waals surface area contributed by atoms with Gasteiger partial charge in [0.1, 0.15) is 11.5 Å². The molecule has 0 aliphatic heterocycles. The van der Waals surface area contributed by atoms with E-state index in [0.29, 0.717) is 11.3 Å². The Morgan fingerprint density at radius 3 is 2.39 bits per heavy atom. The molecule has 2 aromatic rings. The molecule has 0 aromatic heterocycles. The summed E-state index contributed by atoms with van der Waals surface area (Å²) >= 11 is 0. The SMILES string of the molecule is COc1cccc(C(=O)NC(C)c2ccc(OC(F)F)cc2)c1. The molecular formula is C17H17F2NO3. The second kappa shape index (κ2) is 7.58. The van der Waals surface area contributed by atoms with Gasteiger partial charge in [0.2, 0.25) is 0 Å². The second-order valence-corrected chi connectivity index (χ2v) is 4.87. The van der Waals surface area contributed by atoms with E-state index in [1.807, 2.05) is 0 Å². The van der Waals surface area contributed by atoms with Crippen molar-refractivity contribution in [1.29, 1.82) is 0 Å². The second-order valence-electron chi connectivity index (χ2n) is 4.87. The van der Waals surface area contributed by atoms with Crippen molar-refractivity contribution in [2.75, 3.05) is 7.11 Å². The van der Waals surface area contributed by atoms with Crippen LogP contribution in [0.1, 0.15) is 28.9 Å². The lowest BCUT2D eigenvalue weighted by atomic mass is 10.1. The molecule has 1 atom stereocenters. The first kappa shape index (κ1) is 16.7. The van der Waals surface area contributed by atoms with Gasteiger partial charge in [-0.2, -0.15) is 8.78 Å². The fraction of sp³-hybridized carbons (Fsp3) is 0.235. The zero-order valence-electron chi connectivity index (χ0n) is 12.8. The van der Waals surface area contributed by atoms with E-state index >= 15 is 0 Å². The summed E-state index contributed by atoms with van der Waals surface area (Å²) in [4.78, 5) is 12.2. The quantitative estimate of drug-likeness (QED) is 0.880. The van der Waals surface area contributed by atoms with E-state index in [1.54, 1.807) is 43.3 Å². The van der Waals surface area contributed by atoms with E-state index in [-0.39, 0.29) is 17.7 Å². The Bertz CT molecular complexity index is 659. The van der Waals surface area contributed by atoms with Gasteiger partial charge in [-0.3, -0.25) is 4.79 Å². The summed E-state index contributed by atoms with van der Waals surface area (Å²) in [6.07, 6.45) is 0. The first-order valence-corrected chi connectivity index (χ1v) is 6.99. The van der Waals surface area contributed by atoms with E-state index in [1.165, 1.54) is 19.2 Å². The lowest BCUT2D eigenvalue weighted by Gasteiger charge is -2.15. The summed E-state index contributed by atoms with van der Waals surface area (Å²) < 4.78 is 33.6. The third-order valence-electron chi connectivity index (χ3n) is 3.28. The van der Waals surface area contributed by atoms with Gasteiger partial charge < -0.3 is 14.8 Å². The molecule has 4 nitrogen and oxygen atoms in total. The molecule has 1 unspecified atom stereocenters. The Labute approximate surface area is 133 Å². The van der Waals surface area contributed by atoms with Crippen LogP contribution >= 0.6 is 0 Å². The number of carbonyl (C=O) groups is 1. The highest BCUT2D eigenvalue weighted by atomic mass is 19.3. The minimum atomic E-state index is -2.86. The Kier molecular flexibility index (Phi) is 5.51. The summed E-state index contributed by atoms with van der Waals surface area (Å²) in [6.45, 7) is -1.05. The van der Waals surface area contributed by atoms with E-state index in [2.05, 4.69) is 10.1 Å². The normalized spacial score (nSPS) is 11.9. The van der Waals surface area contributed by atoms with Crippen LogP contribution < -0.4 is 14.8 Å². The largest absolute Gasteiger partial charge is 0.497 e. The number of ether oxygens (including phenoxy) is 2. The predicted molar refractivity (Wildman–Crippen MR) is 81.9 cm³/mol. The fourth-order valence-corrected chi connectivity index (χ4v) is 2.07. The highest BCUT2D eigenvalue weighted by molar-refractivity contribution is 5.94. The molecule has 0 spiro atoms. The lowest BCUT2D eigenvalue weighted by molar-refractivity contribution is -0.0498. The van der Waals surface area contributed by atoms with Gasteiger partial charge in [-0.25, -0.2) is 0 Å². The predicted octanol–water partition coefficient (Wildman–Crippen LogP) is 3.79. The summed E-state index contributed by atoms with van der Waals surface area (Å²) in [7, 11) is 1.53. The van der Waals surface area contributed by atoms with E-state index < -0.39 is 6.61 Å². The van der Waals surface area contributed by atoms with E-state index in [9.17, 15) is 13.6 Å². The van der Waals surface area contributed by atoms with Gasteiger partial charge in [0.05, 0.1) is 13.2 Å². The van der Waals surface area contributed by atoms with Gasteiger partial charge in [-0.15, -0.1) is 0 Å². The van der Waals surface area contributed by atoms with Crippen LogP contribution in [0.3, 0.4) is 0 Å². The molecule has 2 rings (SSSR count). The summed E-state index contributed by atoms with van der Waals surface area (Å²) in [5.74, 6) is 0.429. The van der Waals surface area contributed by atoms with Crippen molar-refractivity contribution in [3.63, 3.8) is 0 Å². The van der Waals surface area contributed by atoms with Crippen LogP contribution in [-0.4, -0.2) is 19.6 Å². The van der Waals surface area contributed by atoms with Crippen LogP contribution in [0.5, 0.6) is 11.5 Å². The molecule has 0 saturated heterocycles. The van der Waals surface area contributed by atoms with Gasteiger partial charge in [0.25, 0.3) is 5.91 Å². The van der Waals surface area contributed by atoms with Gasteiger partial charge >= 0.3 is 6.61 Å². The van der Waals surface area contributed by atoms with Crippen LogP contribution in [0.25, 0.3) is 0 Å². The van der Waals surface area contributed by atoms with Gasteiger partial charge in [-0.05, 0) is 42.8 Å². The maximum atomic E-state index is 12.2. The minimum Gasteiger partial charge on any atom is -0.497 e. The van der Waals surface area contributed by atoms with Crippen LogP contribution in [-0.2, 0) is 0 Å². The van der Waals surface area contributed by atoms with Crippen molar-refractivity contribution in [2.24, 2.45) is 0 Å². The number of rotatable bonds is 6. The van der Waals surface area contributed by atoms with E-state index in [4.69, 9.17) is 4.74 Å². The van der Waals surface area contributed by atoms with Crippen LogP contribution in [0.4, 0.5) is 8.78 Å². The number of halogens is 2. The number of alkyl halides is 2. The van der Waals surface area contributed by atoms with Crippen LogP contribution in [0.15, 0.2) is 48.5 Å². The van der Waals surface area contributed by atoms with E-state index in [0.717, 1.165) is 5.56 Å². The molecular weight excluding hydrogens is 304 g/mol. The van der Waals surface area contributed by atoms with Crippen molar-refractivity contribution in [2.45, 2.75) is 19.6 Å². The van der Waals surface area contributed by atoms with Crippen LogP contribution in [0, 0.1) is 0 Å². The third-order valence-corrected chi connectivity index (χ3v) is 3.28. The summed E-state index contributed by atoms with van der Waals surface area (Å²) in [5, 5.41) is 2.84. The van der Waals surface area contributed by atoms with Crippen LogP contribution in [0.2, 0.25) is 0 Å². The fourth-order valence-electron chi connectivity index (χ4n) is 2.07. The molecule has 0 aliphatic carbocycles. The lowest BCUT2D eigenvalue weighted by Crippen LogP contribution is -2.26. The molecule has 122 valence electrons. The Morgan fingerprint density at radius 1 is 1.09 bits per heavy atom. The molecule has 23 heavy (non-hydrogen) atoms. The number of amides is 1.